The molecular weight excluding hydrogens is 529 g/mol. The first-order valence-corrected chi connectivity index (χ1v) is 14.3. The van der Waals surface area contributed by atoms with Gasteiger partial charge in [-0.15, -0.1) is 0 Å². The number of nitrogen functional groups attached to an aromatic ring is 1. The molecule has 1 aliphatic rings. The lowest BCUT2D eigenvalue weighted by Gasteiger charge is -2.22. The van der Waals surface area contributed by atoms with E-state index in [0.717, 1.165) is 70.1 Å². The predicted molar refractivity (Wildman–Crippen MR) is 166 cm³/mol. The van der Waals surface area contributed by atoms with Gasteiger partial charge in [-0.25, -0.2) is 14.4 Å². The van der Waals surface area contributed by atoms with Gasteiger partial charge in [-0.2, -0.15) is 0 Å². The second-order valence-corrected chi connectivity index (χ2v) is 11.1. The zero-order chi connectivity index (χ0) is 29.4. The Morgan fingerprint density at radius 3 is 2.67 bits per heavy atom. The third-order valence-corrected chi connectivity index (χ3v) is 7.99. The number of carbonyl (C=O) groups is 1. The molecule has 9 heteroatoms. The minimum atomic E-state index is -0.505. The highest BCUT2D eigenvalue weighted by molar-refractivity contribution is 6.04. The van der Waals surface area contributed by atoms with Crippen molar-refractivity contribution in [2.45, 2.75) is 51.5 Å². The van der Waals surface area contributed by atoms with Crippen molar-refractivity contribution in [2.24, 2.45) is 0 Å². The van der Waals surface area contributed by atoms with Crippen LogP contribution in [0, 0.1) is 5.82 Å². The van der Waals surface area contributed by atoms with E-state index in [4.69, 9.17) is 10.7 Å². The van der Waals surface area contributed by atoms with E-state index < -0.39 is 5.82 Å². The van der Waals surface area contributed by atoms with E-state index in [0.29, 0.717) is 17.5 Å². The van der Waals surface area contributed by atoms with E-state index in [1.807, 2.05) is 49.6 Å². The van der Waals surface area contributed by atoms with E-state index in [1.165, 1.54) is 17.8 Å². The Hall–Kier alpha value is -4.63. The number of hydrogen-bond donors (Lipinski definition) is 3. The van der Waals surface area contributed by atoms with Crippen LogP contribution in [-0.2, 0) is 11.2 Å². The third kappa shape index (κ3) is 5.12. The van der Waals surface area contributed by atoms with Crippen LogP contribution >= 0.6 is 0 Å². The highest BCUT2D eigenvalue weighted by Crippen LogP contribution is 2.38. The molecule has 4 N–H and O–H groups in total. The van der Waals surface area contributed by atoms with Gasteiger partial charge >= 0.3 is 0 Å². The number of imidazole rings is 1. The topological polar surface area (TPSA) is 110 Å². The quantitative estimate of drug-likeness (QED) is 0.220. The van der Waals surface area contributed by atoms with Gasteiger partial charge in [-0.05, 0) is 48.2 Å². The highest BCUT2D eigenvalue weighted by Gasteiger charge is 2.25. The molecule has 8 nitrogen and oxygen atoms in total. The molecule has 0 fully saturated rings. The van der Waals surface area contributed by atoms with Crippen LogP contribution in [0.1, 0.15) is 56.1 Å². The maximum Gasteiger partial charge on any atom is 0.228 e. The Morgan fingerprint density at radius 2 is 1.95 bits per heavy atom. The van der Waals surface area contributed by atoms with Gasteiger partial charge in [0, 0.05) is 23.6 Å². The van der Waals surface area contributed by atoms with Gasteiger partial charge in [0.15, 0.2) is 0 Å². The smallest absolute Gasteiger partial charge is 0.228 e. The number of nitrogens with two attached hydrogens (primary N) is 1. The molecule has 5 aromatic rings. The number of aromatic nitrogens is 4. The van der Waals surface area contributed by atoms with Crippen LogP contribution in [0.3, 0.4) is 0 Å². The maximum absolute atomic E-state index is 13.6. The Bertz CT molecular complexity index is 1840. The van der Waals surface area contributed by atoms with Crippen molar-refractivity contribution in [3.63, 3.8) is 0 Å². The first-order valence-electron chi connectivity index (χ1n) is 14.3. The van der Waals surface area contributed by atoms with Crippen LogP contribution in [0.5, 0.6) is 0 Å². The summed E-state index contributed by atoms with van der Waals surface area (Å²) in [6.07, 6.45) is 9.79. The number of allylic oxidation sites excluding steroid dienone is 1. The summed E-state index contributed by atoms with van der Waals surface area (Å²) in [6, 6.07) is 13.7. The monoisotopic (exact) mass is 563 g/mol. The standard InChI is InChI=1S/C33H34FN7O/c1-19(2)33-40-30(31-32(35)38-18-28(41(31)33)20-8-11-23(36-3)12-9-20)27-13-10-21(25-6-4-5-7-26(25)27)14-29(42)39-24-15-22(34)16-37-17-24/h4-8,10,13,15-19,23,36H,9,11-12,14H2,1-3H3,(H2,35,38)(H,39,42). The SMILES string of the molecule is CNC1CC=C(c2cnc(N)c3c(-c4ccc(CC(=O)Nc5cncc(F)c5)c5ccccc45)nc(C(C)C)n23)CC1. The van der Waals surface area contributed by atoms with Gasteiger partial charge in [0.1, 0.15) is 28.7 Å². The van der Waals surface area contributed by atoms with E-state index >= 15 is 0 Å². The summed E-state index contributed by atoms with van der Waals surface area (Å²) < 4.78 is 15.8. The lowest BCUT2D eigenvalue weighted by molar-refractivity contribution is -0.115. The number of nitrogens with one attached hydrogen (secondary N) is 2. The molecule has 3 aromatic heterocycles. The van der Waals surface area contributed by atoms with Crippen LogP contribution in [-0.4, -0.2) is 38.3 Å². The lowest BCUT2D eigenvalue weighted by Crippen LogP contribution is -2.26. The zero-order valence-corrected chi connectivity index (χ0v) is 24.0. The number of benzene rings is 2. The molecule has 0 spiro atoms. The molecule has 6 rings (SSSR count). The molecular formula is C33H34FN7O. The summed E-state index contributed by atoms with van der Waals surface area (Å²) in [6.45, 7) is 4.28. The van der Waals surface area contributed by atoms with Gasteiger partial charge in [-0.1, -0.05) is 56.3 Å². The van der Waals surface area contributed by atoms with Crippen LogP contribution in [0.4, 0.5) is 15.9 Å². The number of amides is 1. The third-order valence-electron chi connectivity index (χ3n) is 7.99. The first-order chi connectivity index (χ1) is 20.3. The molecule has 3 heterocycles. The Balaban J connectivity index is 1.45. The van der Waals surface area contributed by atoms with Gasteiger partial charge in [0.05, 0.1) is 36.4 Å². The fourth-order valence-corrected chi connectivity index (χ4v) is 5.88. The summed E-state index contributed by atoms with van der Waals surface area (Å²) in [5.41, 5.74) is 12.5. The minimum Gasteiger partial charge on any atom is -0.382 e. The highest BCUT2D eigenvalue weighted by atomic mass is 19.1. The molecule has 42 heavy (non-hydrogen) atoms. The van der Waals surface area contributed by atoms with Crippen molar-refractivity contribution in [1.29, 1.82) is 0 Å². The molecule has 0 saturated heterocycles. The minimum absolute atomic E-state index is 0.119. The maximum atomic E-state index is 13.6. The van der Waals surface area contributed by atoms with Gasteiger partial charge in [0.2, 0.25) is 5.91 Å². The summed E-state index contributed by atoms with van der Waals surface area (Å²) in [7, 11) is 2.01. The molecule has 214 valence electrons. The van der Waals surface area contributed by atoms with E-state index in [-0.39, 0.29) is 18.2 Å². The molecule has 1 aliphatic carbocycles. The number of anilines is 2. The van der Waals surface area contributed by atoms with Gasteiger partial charge in [0.25, 0.3) is 0 Å². The predicted octanol–water partition coefficient (Wildman–Crippen LogP) is 6.13. The molecule has 0 saturated carbocycles. The fourth-order valence-electron chi connectivity index (χ4n) is 5.88. The van der Waals surface area contributed by atoms with Crippen LogP contribution in [0.15, 0.2) is 67.1 Å². The van der Waals surface area contributed by atoms with Crippen molar-refractivity contribution in [2.75, 3.05) is 18.1 Å². The number of fused-ring (bicyclic) bond motifs is 2. The number of rotatable bonds is 7. The molecule has 1 amide bonds. The Morgan fingerprint density at radius 1 is 1.14 bits per heavy atom. The van der Waals surface area contributed by atoms with Crippen LogP contribution in [0.2, 0.25) is 0 Å². The van der Waals surface area contributed by atoms with Crippen molar-refractivity contribution in [1.82, 2.24) is 24.7 Å². The summed E-state index contributed by atoms with van der Waals surface area (Å²) >= 11 is 0. The molecule has 0 aliphatic heterocycles. The lowest BCUT2D eigenvalue weighted by atomic mass is 9.93. The van der Waals surface area contributed by atoms with Crippen LogP contribution < -0.4 is 16.4 Å². The summed E-state index contributed by atoms with van der Waals surface area (Å²) in [5.74, 6) is 0.738. The second kappa shape index (κ2) is 11.3. The van der Waals surface area contributed by atoms with Crippen molar-refractivity contribution in [3.05, 3.63) is 90.0 Å². The summed E-state index contributed by atoms with van der Waals surface area (Å²) in [5, 5.41) is 8.02. The number of halogens is 1. The van der Waals surface area contributed by atoms with Gasteiger partial charge in [-0.3, -0.25) is 14.2 Å². The molecule has 1 atom stereocenters. The molecule has 2 aromatic carbocycles. The number of pyridine rings is 1. The number of hydrogen-bond acceptors (Lipinski definition) is 6. The zero-order valence-electron chi connectivity index (χ0n) is 24.0. The average Bonchev–Trinajstić information content (AvgIpc) is 3.39. The summed E-state index contributed by atoms with van der Waals surface area (Å²) in [4.78, 5) is 26.5. The Labute approximate surface area is 243 Å². The second-order valence-electron chi connectivity index (χ2n) is 11.1. The van der Waals surface area contributed by atoms with Crippen LogP contribution in [0.25, 0.3) is 33.1 Å². The largest absolute Gasteiger partial charge is 0.382 e. The van der Waals surface area contributed by atoms with E-state index in [1.54, 1.807) is 0 Å². The van der Waals surface area contributed by atoms with E-state index in [2.05, 4.69) is 44.9 Å². The average molecular weight is 564 g/mol. The molecule has 0 bridgehead atoms. The van der Waals surface area contributed by atoms with Crippen molar-refractivity contribution in [3.8, 4) is 11.3 Å². The first kappa shape index (κ1) is 27.5. The van der Waals surface area contributed by atoms with Gasteiger partial charge < -0.3 is 16.4 Å². The Kier molecular flexibility index (Phi) is 7.43. The van der Waals surface area contributed by atoms with Crippen molar-refractivity contribution < 1.29 is 9.18 Å². The van der Waals surface area contributed by atoms with Crippen molar-refractivity contribution >= 4 is 39.3 Å². The number of carbonyl (C=O) groups excluding carboxylic acids is 1. The molecule has 1 unspecified atom stereocenters. The normalized spacial score (nSPS) is 15.4. The molecule has 0 radical (unpaired) electrons. The number of nitrogens with zero attached hydrogens (tertiary/aromatic N) is 4. The fraction of sp³-hybridized carbons (Fsp3) is 0.273. The van der Waals surface area contributed by atoms with E-state index in [9.17, 15) is 9.18 Å².